The summed E-state index contributed by atoms with van der Waals surface area (Å²) < 4.78 is 0. The van der Waals surface area contributed by atoms with Crippen LogP contribution in [0.5, 0.6) is 0 Å². The molecule has 0 saturated carbocycles. The lowest BCUT2D eigenvalue weighted by Crippen LogP contribution is -2.55. The topological polar surface area (TPSA) is 183 Å². The zero-order valence-corrected chi connectivity index (χ0v) is 21.3. The van der Waals surface area contributed by atoms with Gasteiger partial charge in [-0.2, -0.15) is 0 Å². The van der Waals surface area contributed by atoms with Crippen molar-refractivity contribution in [1.82, 2.24) is 21.3 Å². The maximum Gasteiger partial charge on any atom is 0.326 e. The zero-order chi connectivity index (χ0) is 26.3. The van der Waals surface area contributed by atoms with E-state index in [-0.39, 0.29) is 44.3 Å². The largest absolute Gasteiger partial charge is 0.481 e. The molecule has 8 N–H and O–H groups in total. The first-order valence-corrected chi connectivity index (χ1v) is 12.1. The highest BCUT2D eigenvalue weighted by Gasteiger charge is 2.30. The van der Waals surface area contributed by atoms with Gasteiger partial charge in [-0.1, -0.05) is 33.6 Å². The van der Waals surface area contributed by atoms with E-state index in [4.69, 9.17) is 10.8 Å². The van der Waals surface area contributed by atoms with Gasteiger partial charge in [-0.15, -0.1) is 0 Å². The van der Waals surface area contributed by atoms with Crippen LogP contribution in [0.3, 0.4) is 0 Å². The van der Waals surface area contributed by atoms with Crippen LogP contribution in [0.25, 0.3) is 0 Å². The van der Waals surface area contributed by atoms with Gasteiger partial charge in [0.25, 0.3) is 0 Å². The first-order chi connectivity index (χ1) is 15.8. The Labute approximate surface area is 203 Å². The Morgan fingerprint density at radius 2 is 1.59 bits per heavy atom. The van der Waals surface area contributed by atoms with Gasteiger partial charge in [0, 0.05) is 31.1 Å². The average Bonchev–Trinajstić information content (AvgIpc) is 2.74. The SMILES string of the molecule is CCCCC(C)(C)N[C@@H](CCC(=O)O)C(=O)NC(CCCNC(=O)[C@H](CN)NC(C)C)C(=O)O. The molecule has 198 valence electrons. The number of carbonyl (C=O) groups is 4. The van der Waals surface area contributed by atoms with Crippen molar-refractivity contribution in [2.45, 2.75) is 109 Å². The Bertz CT molecular complexity index is 656. The summed E-state index contributed by atoms with van der Waals surface area (Å²) in [5.41, 5.74) is 5.21. The first-order valence-electron chi connectivity index (χ1n) is 12.1. The minimum absolute atomic E-state index is 0.0441. The van der Waals surface area contributed by atoms with Crippen LogP contribution >= 0.6 is 0 Å². The molecule has 0 aromatic heterocycles. The highest BCUT2D eigenvalue weighted by atomic mass is 16.4. The Hall–Kier alpha value is -2.24. The Balaban J connectivity index is 4.96. The summed E-state index contributed by atoms with van der Waals surface area (Å²) in [5, 5.41) is 30.1. The van der Waals surface area contributed by atoms with Crippen LogP contribution in [0.2, 0.25) is 0 Å². The molecule has 0 aliphatic heterocycles. The first kappa shape index (κ1) is 31.8. The highest BCUT2D eigenvalue weighted by Crippen LogP contribution is 2.15. The van der Waals surface area contributed by atoms with Gasteiger partial charge in [0.05, 0.1) is 12.1 Å². The van der Waals surface area contributed by atoms with E-state index in [1.54, 1.807) is 0 Å². The van der Waals surface area contributed by atoms with E-state index < -0.39 is 41.5 Å². The molecule has 0 spiro atoms. The summed E-state index contributed by atoms with van der Waals surface area (Å²) in [6, 6.07) is -2.44. The molecule has 0 aliphatic carbocycles. The van der Waals surface area contributed by atoms with Gasteiger partial charge < -0.3 is 37.2 Å². The van der Waals surface area contributed by atoms with Gasteiger partial charge >= 0.3 is 11.9 Å². The summed E-state index contributed by atoms with van der Waals surface area (Å²) in [6.45, 7) is 10.1. The molecule has 0 aromatic rings. The molecule has 0 heterocycles. The average molecular weight is 488 g/mol. The Morgan fingerprint density at radius 3 is 2.09 bits per heavy atom. The lowest BCUT2D eigenvalue weighted by atomic mass is 9.95. The molecule has 11 nitrogen and oxygen atoms in total. The van der Waals surface area contributed by atoms with Gasteiger partial charge in [0.2, 0.25) is 11.8 Å². The van der Waals surface area contributed by atoms with Crippen LogP contribution in [0.4, 0.5) is 0 Å². The summed E-state index contributed by atoms with van der Waals surface area (Å²) in [6.07, 6.45) is 2.97. The summed E-state index contributed by atoms with van der Waals surface area (Å²) in [5.74, 6) is -3.03. The number of carbonyl (C=O) groups excluding carboxylic acids is 2. The second kappa shape index (κ2) is 16.4. The van der Waals surface area contributed by atoms with Crippen LogP contribution in [0.1, 0.15) is 79.6 Å². The van der Waals surface area contributed by atoms with Crippen molar-refractivity contribution in [1.29, 1.82) is 0 Å². The third kappa shape index (κ3) is 14.1. The third-order valence-corrected chi connectivity index (χ3v) is 5.35. The van der Waals surface area contributed by atoms with E-state index in [0.717, 1.165) is 19.3 Å². The lowest BCUT2D eigenvalue weighted by molar-refractivity contribution is -0.143. The fraction of sp³-hybridized carbons (Fsp3) is 0.826. The third-order valence-electron chi connectivity index (χ3n) is 5.35. The highest BCUT2D eigenvalue weighted by molar-refractivity contribution is 5.87. The number of nitrogens with two attached hydrogens (primary N) is 1. The number of nitrogens with one attached hydrogen (secondary N) is 4. The fourth-order valence-electron chi connectivity index (χ4n) is 3.52. The fourth-order valence-corrected chi connectivity index (χ4v) is 3.52. The van der Waals surface area contributed by atoms with E-state index in [1.807, 2.05) is 27.7 Å². The minimum Gasteiger partial charge on any atom is -0.481 e. The molecular weight excluding hydrogens is 442 g/mol. The van der Waals surface area contributed by atoms with Crippen molar-refractivity contribution in [2.75, 3.05) is 13.1 Å². The van der Waals surface area contributed by atoms with Crippen molar-refractivity contribution >= 4 is 23.8 Å². The van der Waals surface area contributed by atoms with Gasteiger partial charge in [-0.25, -0.2) is 4.79 Å². The van der Waals surface area contributed by atoms with E-state index in [1.165, 1.54) is 0 Å². The number of carboxylic acid groups (broad SMARTS) is 2. The standard InChI is InChI=1S/C23H45N5O6/c1-6-7-12-23(4,5)28-16(10-11-19(29)30)21(32)27-17(22(33)34)9-8-13-25-20(31)18(14-24)26-15(2)3/h15-18,26,28H,6-14,24H2,1-5H3,(H,25,31)(H,27,32)(H,29,30)(H,33,34)/t16-,17?,18-/m0/s1. The molecule has 0 rings (SSSR count). The molecule has 0 saturated heterocycles. The van der Waals surface area contributed by atoms with Crippen molar-refractivity contribution in [3.8, 4) is 0 Å². The van der Waals surface area contributed by atoms with Gasteiger partial charge in [0.15, 0.2) is 0 Å². The smallest absolute Gasteiger partial charge is 0.326 e. The van der Waals surface area contributed by atoms with Crippen LogP contribution in [0, 0.1) is 0 Å². The molecule has 11 heteroatoms. The number of hydrogen-bond acceptors (Lipinski definition) is 7. The normalized spacial score (nSPS) is 14.3. The zero-order valence-electron chi connectivity index (χ0n) is 21.3. The van der Waals surface area contributed by atoms with Crippen LogP contribution in [0.15, 0.2) is 0 Å². The number of amides is 2. The summed E-state index contributed by atoms with van der Waals surface area (Å²) in [4.78, 5) is 47.8. The number of aliphatic carboxylic acids is 2. The predicted molar refractivity (Wildman–Crippen MR) is 130 cm³/mol. The van der Waals surface area contributed by atoms with Crippen molar-refractivity contribution in [3.63, 3.8) is 0 Å². The lowest BCUT2D eigenvalue weighted by Gasteiger charge is -2.32. The van der Waals surface area contributed by atoms with E-state index >= 15 is 0 Å². The molecule has 0 aromatic carbocycles. The van der Waals surface area contributed by atoms with Crippen LogP contribution in [-0.2, 0) is 19.2 Å². The molecule has 1 unspecified atom stereocenters. The molecule has 34 heavy (non-hydrogen) atoms. The molecular formula is C23H45N5O6. The number of hydrogen-bond donors (Lipinski definition) is 7. The van der Waals surface area contributed by atoms with E-state index in [9.17, 15) is 24.3 Å². The van der Waals surface area contributed by atoms with E-state index in [2.05, 4.69) is 28.2 Å². The quantitative estimate of drug-likeness (QED) is 0.128. The minimum atomic E-state index is -1.19. The number of rotatable bonds is 19. The van der Waals surface area contributed by atoms with Crippen molar-refractivity contribution in [3.05, 3.63) is 0 Å². The molecule has 0 aliphatic rings. The second-order valence-corrected chi connectivity index (χ2v) is 9.56. The van der Waals surface area contributed by atoms with Gasteiger partial charge in [0.1, 0.15) is 6.04 Å². The molecule has 0 fully saturated rings. The summed E-state index contributed by atoms with van der Waals surface area (Å²) >= 11 is 0. The number of unbranched alkanes of at least 4 members (excludes halogenated alkanes) is 1. The van der Waals surface area contributed by atoms with Gasteiger partial charge in [-0.05, 0) is 39.5 Å². The van der Waals surface area contributed by atoms with E-state index in [0.29, 0.717) is 6.42 Å². The Morgan fingerprint density at radius 1 is 0.941 bits per heavy atom. The monoisotopic (exact) mass is 487 g/mol. The van der Waals surface area contributed by atoms with Crippen LogP contribution < -0.4 is 27.0 Å². The van der Waals surface area contributed by atoms with Crippen LogP contribution in [-0.4, -0.2) is 76.8 Å². The van der Waals surface area contributed by atoms with Gasteiger partial charge in [-0.3, -0.25) is 14.4 Å². The molecule has 0 radical (unpaired) electrons. The Kier molecular flexibility index (Phi) is 15.3. The molecule has 2 amide bonds. The second-order valence-electron chi connectivity index (χ2n) is 9.56. The van der Waals surface area contributed by atoms with Crippen molar-refractivity contribution in [2.24, 2.45) is 5.73 Å². The maximum atomic E-state index is 12.9. The molecule has 0 bridgehead atoms. The number of carboxylic acids is 2. The van der Waals surface area contributed by atoms with Crippen molar-refractivity contribution < 1.29 is 29.4 Å². The summed E-state index contributed by atoms with van der Waals surface area (Å²) in [7, 11) is 0. The molecule has 3 atom stereocenters. The predicted octanol–water partition coefficient (Wildman–Crippen LogP) is 0.569. The maximum absolute atomic E-state index is 12.9.